The molecule has 156 valence electrons. The van der Waals surface area contributed by atoms with Crippen molar-refractivity contribution in [1.29, 1.82) is 0 Å². The van der Waals surface area contributed by atoms with Crippen LogP contribution in [0.5, 0.6) is 5.75 Å². The minimum atomic E-state index is -0.102. The first-order valence-corrected chi connectivity index (χ1v) is 10.3. The molecule has 0 spiro atoms. The van der Waals surface area contributed by atoms with Gasteiger partial charge in [-0.05, 0) is 36.8 Å². The van der Waals surface area contributed by atoms with Gasteiger partial charge in [0.25, 0.3) is 5.91 Å². The van der Waals surface area contributed by atoms with Gasteiger partial charge >= 0.3 is 0 Å². The molecule has 2 aromatic heterocycles. The third kappa shape index (κ3) is 4.08. The highest BCUT2D eigenvalue weighted by Crippen LogP contribution is 2.27. The zero-order chi connectivity index (χ0) is 21.3. The molecule has 3 aromatic rings. The average Bonchev–Trinajstić information content (AvgIpc) is 3.23. The summed E-state index contributed by atoms with van der Waals surface area (Å²) in [7, 11) is 1.62. The lowest BCUT2D eigenvalue weighted by Gasteiger charge is -2.35. The maximum Gasteiger partial charge on any atom is 0.274 e. The van der Waals surface area contributed by atoms with Crippen LogP contribution in [0, 0.1) is 6.92 Å². The molecule has 0 atom stereocenters. The quantitative estimate of drug-likeness (QED) is 0.609. The fourth-order valence-electron chi connectivity index (χ4n) is 3.47. The van der Waals surface area contributed by atoms with Crippen LogP contribution in [0.3, 0.4) is 0 Å². The van der Waals surface area contributed by atoms with Gasteiger partial charge in [0.2, 0.25) is 0 Å². The molecule has 0 radical (unpaired) electrons. The van der Waals surface area contributed by atoms with Gasteiger partial charge in [0.1, 0.15) is 17.3 Å². The Morgan fingerprint density at radius 1 is 1.10 bits per heavy atom. The van der Waals surface area contributed by atoms with Crippen molar-refractivity contribution in [3.05, 3.63) is 64.0 Å². The normalized spacial score (nSPS) is 14.1. The summed E-state index contributed by atoms with van der Waals surface area (Å²) in [4.78, 5) is 21.1. The summed E-state index contributed by atoms with van der Waals surface area (Å²) >= 11 is 12.2. The highest BCUT2D eigenvalue weighted by atomic mass is 35.5. The average molecular weight is 446 g/mol. The van der Waals surface area contributed by atoms with E-state index in [9.17, 15) is 4.79 Å². The first kappa shape index (κ1) is 20.5. The number of anilines is 1. The van der Waals surface area contributed by atoms with Crippen LogP contribution in [0.4, 0.5) is 5.82 Å². The maximum absolute atomic E-state index is 13.0. The van der Waals surface area contributed by atoms with E-state index in [0.717, 1.165) is 11.3 Å². The van der Waals surface area contributed by atoms with Crippen LogP contribution in [0.2, 0.25) is 10.0 Å². The van der Waals surface area contributed by atoms with E-state index in [1.54, 1.807) is 41.2 Å². The molecule has 4 rings (SSSR count). The molecule has 0 unspecified atom stereocenters. The summed E-state index contributed by atoms with van der Waals surface area (Å²) in [6.07, 6.45) is 3.35. The monoisotopic (exact) mass is 445 g/mol. The minimum absolute atomic E-state index is 0.102. The van der Waals surface area contributed by atoms with Gasteiger partial charge in [0.15, 0.2) is 5.69 Å². The van der Waals surface area contributed by atoms with Gasteiger partial charge in [-0.3, -0.25) is 4.79 Å². The first-order valence-electron chi connectivity index (χ1n) is 9.52. The SMILES string of the molecule is COc1ccc(C)cc1-n1ccc(C(=O)N2CCN(c3ncc(Cl)cc3Cl)CC2)n1. The number of hydrogen-bond donors (Lipinski definition) is 0. The van der Waals surface area contributed by atoms with E-state index in [1.165, 1.54) is 0 Å². The molecule has 1 amide bonds. The van der Waals surface area contributed by atoms with Gasteiger partial charge in [-0.1, -0.05) is 29.3 Å². The standard InChI is InChI=1S/C21H21Cl2N5O2/c1-14-3-4-19(30-2)18(11-14)28-6-5-17(25-28)21(29)27-9-7-26(8-10-27)20-16(23)12-15(22)13-24-20/h3-6,11-13H,7-10H2,1-2H3. The highest BCUT2D eigenvalue weighted by Gasteiger charge is 2.25. The zero-order valence-electron chi connectivity index (χ0n) is 16.7. The number of aryl methyl sites for hydroxylation is 1. The molecular formula is C21H21Cl2N5O2. The molecule has 0 aliphatic carbocycles. The molecule has 0 saturated carbocycles. The summed E-state index contributed by atoms with van der Waals surface area (Å²) in [6.45, 7) is 4.37. The highest BCUT2D eigenvalue weighted by molar-refractivity contribution is 6.36. The van der Waals surface area contributed by atoms with Gasteiger partial charge in [-0.2, -0.15) is 5.10 Å². The van der Waals surface area contributed by atoms with Gasteiger partial charge < -0.3 is 14.5 Å². The molecule has 9 heteroatoms. The Balaban J connectivity index is 1.46. The smallest absolute Gasteiger partial charge is 0.274 e. The van der Waals surface area contributed by atoms with Gasteiger partial charge in [0.05, 0.1) is 17.2 Å². The van der Waals surface area contributed by atoms with Crippen LogP contribution in [0.1, 0.15) is 16.1 Å². The summed E-state index contributed by atoms with van der Waals surface area (Å²) in [6, 6.07) is 9.24. The van der Waals surface area contributed by atoms with E-state index >= 15 is 0 Å². The lowest BCUT2D eigenvalue weighted by Crippen LogP contribution is -2.49. The van der Waals surface area contributed by atoms with Crippen LogP contribution in [0.25, 0.3) is 5.69 Å². The van der Waals surface area contributed by atoms with Crippen molar-refractivity contribution in [2.45, 2.75) is 6.92 Å². The fraction of sp³-hybridized carbons (Fsp3) is 0.286. The van der Waals surface area contributed by atoms with Crippen molar-refractivity contribution in [2.24, 2.45) is 0 Å². The Bertz CT molecular complexity index is 1080. The van der Waals surface area contributed by atoms with Crippen molar-refractivity contribution in [3.8, 4) is 11.4 Å². The number of carbonyl (C=O) groups is 1. The molecule has 1 aromatic carbocycles. The number of methoxy groups -OCH3 is 1. The Labute approximate surface area is 184 Å². The Morgan fingerprint density at radius 3 is 2.57 bits per heavy atom. The van der Waals surface area contributed by atoms with Crippen LogP contribution in [-0.4, -0.2) is 58.9 Å². The molecule has 1 aliphatic rings. The summed E-state index contributed by atoms with van der Waals surface area (Å²) in [5.41, 5.74) is 2.28. The largest absolute Gasteiger partial charge is 0.494 e. The Kier molecular flexibility index (Phi) is 5.83. The first-order chi connectivity index (χ1) is 14.5. The number of aromatic nitrogens is 3. The molecule has 3 heterocycles. The predicted molar refractivity (Wildman–Crippen MR) is 117 cm³/mol. The van der Waals surface area contributed by atoms with E-state index in [0.29, 0.717) is 53.5 Å². The third-order valence-electron chi connectivity index (χ3n) is 5.04. The van der Waals surface area contributed by atoms with E-state index < -0.39 is 0 Å². The van der Waals surface area contributed by atoms with Crippen molar-refractivity contribution < 1.29 is 9.53 Å². The number of rotatable bonds is 4. The number of nitrogens with zero attached hydrogens (tertiary/aromatic N) is 5. The number of halogens is 2. The minimum Gasteiger partial charge on any atom is -0.494 e. The van der Waals surface area contributed by atoms with Crippen molar-refractivity contribution in [1.82, 2.24) is 19.7 Å². The summed E-state index contributed by atoms with van der Waals surface area (Å²) < 4.78 is 7.10. The number of ether oxygens (including phenoxy) is 1. The van der Waals surface area contributed by atoms with E-state index in [2.05, 4.69) is 15.0 Å². The molecular weight excluding hydrogens is 425 g/mol. The fourth-order valence-corrected chi connectivity index (χ4v) is 3.97. The van der Waals surface area contributed by atoms with Crippen LogP contribution in [0.15, 0.2) is 42.7 Å². The number of hydrogen-bond acceptors (Lipinski definition) is 5. The molecule has 1 fully saturated rings. The van der Waals surface area contributed by atoms with Crippen LogP contribution >= 0.6 is 23.2 Å². The van der Waals surface area contributed by atoms with Crippen LogP contribution < -0.4 is 9.64 Å². The van der Waals surface area contributed by atoms with E-state index in [-0.39, 0.29) is 5.91 Å². The van der Waals surface area contributed by atoms with Gasteiger partial charge in [-0.15, -0.1) is 0 Å². The van der Waals surface area contributed by atoms with Crippen molar-refractivity contribution >= 4 is 34.9 Å². The van der Waals surface area contributed by atoms with E-state index in [1.807, 2.05) is 25.1 Å². The summed E-state index contributed by atoms with van der Waals surface area (Å²) in [5, 5.41) is 5.50. The second kappa shape index (κ2) is 8.53. The van der Waals surface area contributed by atoms with Gasteiger partial charge in [0, 0.05) is 38.6 Å². The maximum atomic E-state index is 13.0. The number of piperazine rings is 1. The predicted octanol–water partition coefficient (Wildman–Crippen LogP) is 3.85. The molecule has 7 nitrogen and oxygen atoms in total. The zero-order valence-corrected chi connectivity index (χ0v) is 18.2. The molecule has 30 heavy (non-hydrogen) atoms. The number of pyridine rings is 1. The van der Waals surface area contributed by atoms with Crippen molar-refractivity contribution in [2.75, 3.05) is 38.2 Å². The van der Waals surface area contributed by atoms with Crippen molar-refractivity contribution in [3.63, 3.8) is 0 Å². The second-order valence-electron chi connectivity index (χ2n) is 7.06. The molecule has 0 N–H and O–H groups in total. The number of benzene rings is 1. The molecule has 0 bridgehead atoms. The number of carbonyl (C=O) groups excluding carboxylic acids is 1. The lowest BCUT2D eigenvalue weighted by atomic mass is 10.2. The molecule has 1 saturated heterocycles. The Hall–Kier alpha value is -2.77. The van der Waals surface area contributed by atoms with Crippen LogP contribution in [-0.2, 0) is 0 Å². The second-order valence-corrected chi connectivity index (χ2v) is 7.90. The Morgan fingerprint density at radius 2 is 1.87 bits per heavy atom. The van der Waals surface area contributed by atoms with Gasteiger partial charge in [-0.25, -0.2) is 9.67 Å². The number of amides is 1. The summed E-state index contributed by atoms with van der Waals surface area (Å²) in [5.74, 6) is 1.28. The lowest BCUT2D eigenvalue weighted by molar-refractivity contribution is 0.0740. The molecule has 1 aliphatic heterocycles. The third-order valence-corrected chi connectivity index (χ3v) is 5.53. The van der Waals surface area contributed by atoms with E-state index in [4.69, 9.17) is 27.9 Å². The topological polar surface area (TPSA) is 63.5 Å².